The summed E-state index contributed by atoms with van der Waals surface area (Å²) < 4.78 is 13.1. The number of thiophene rings is 1. The van der Waals surface area contributed by atoms with Gasteiger partial charge in [-0.15, -0.1) is 11.3 Å². The molecule has 0 amide bonds. The molecule has 2 aromatic heterocycles. The second kappa shape index (κ2) is 7.89. The van der Waals surface area contributed by atoms with E-state index in [0.29, 0.717) is 16.3 Å². The number of aryl methyl sites for hydroxylation is 3. The highest BCUT2D eigenvalue weighted by molar-refractivity contribution is 7.99. The van der Waals surface area contributed by atoms with E-state index in [0.717, 1.165) is 51.7 Å². The number of hydrogen-bond donors (Lipinski definition) is 0. The van der Waals surface area contributed by atoms with Crippen LogP contribution in [0.1, 0.15) is 28.8 Å². The molecule has 1 atom stereocenters. The Morgan fingerprint density at radius 1 is 1.36 bits per heavy atom. The Hall–Kier alpha value is -1.83. The molecule has 0 aliphatic carbocycles. The zero-order chi connectivity index (χ0) is 19.8. The SMILES string of the molecule is COc1ccc(C)cc1-n1c(SC[C@H]2CCCO2)nc2sc(C)c(C)c2c1=O. The first kappa shape index (κ1) is 19.5. The highest BCUT2D eigenvalue weighted by atomic mass is 32.2. The smallest absolute Gasteiger partial charge is 0.267 e. The standard InChI is InChI=1S/C21H24N2O3S2/c1-12-7-8-17(25-4)16(10-12)23-20(24)18-13(2)14(3)28-19(18)22-21(23)27-11-15-6-5-9-26-15/h7-8,10,15H,5-6,9,11H2,1-4H3/t15-/m1/s1. The van der Waals surface area contributed by atoms with E-state index >= 15 is 0 Å². The molecule has 28 heavy (non-hydrogen) atoms. The summed E-state index contributed by atoms with van der Waals surface area (Å²) in [6.45, 7) is 6.87. The Labute approximate surface area is 172 Å². The van der Waals surface area contributed by atoms with Crippen LogP contribution in [0.25, 0.3) is 15.9 Å². The average Bonchev–Trinajstić information content (AvgIpc) is 3.28. The van der Waals surface area contributed by atoms with Crippen molar-refractivity contribution in [2.45, 2.75) is 44.9 Å². The molecule has 1 aliphatic rings. The second-order valence-corrected chi connectivity index (χ2v) is 9.31. The maximum Gasteiger partial charge on any atom is 0.267 e. The predicted molar refractivity (Wildman–Crippen MR) is 116 cm³/mol. The average molecular weight is 417 g/mol. The molecular formula is C21H24N2O3S2. The molecule has 4 rings (SSSR count). The maximum absolute atomic E-state index is 13.6. The fourth-order valence-electron chi connectivity index (χ4n) is 3.50. The zero-order valence-electron chi connectivity index (χ0n) is 16.6. The van der Waals surface area contributed by atoms with Crippen molar-refractivity contribution in [1.82, 2.24) is 9.55 Å². The number of benzene rings is 1. The first-order valence-electron chi connectivity index (χ1n) is 9.41. The summed E-state index contributed by atoms with van der Waals surface area (Å²) in [6.07, 6.45) is 2.38. The van der Waals surface area contributed by atoms with Crippen LogP contribution in [0, 0.1) is 20.8 Å². The van der Waals surface area contributed by atoms with Crippen LogP contribution in [-0.2, 0) is 4.74 Å². The van der Waals surface area contributed by atoms with Gasteiger partial charge in [-0.1, -0.05) is 17.8 Å². The van der Waals surface area contributed by atoms with Crippen LogP contribution in [0.4, 0.5) is 0 Å². The van der Waals surface area contributed by atoms with Crippen molar-refractivity contribution < 1.29 is 9.47 Å². The summed E-state index contributed by atoms with van der Waals surface area (Å²) >= 11 is 3.17. The fourth-order valence-corrected chi connectivity index (χ4v) is 5.64. The van der Waals surface area contributed by atoms with Gasteiger partial charge in [0.05, 0.1) is 24.3 Å². The number of hydrogen-bond acceptors (Lipinski definition) is 6. The summed E-state index contributed by atoms with van der Waals surface area (Å²) in [5.74, 6) is 1.45. The molecule has 1 aliphatic heterocycles. The van der Waals surface area contributed by atoms with Crippen molar-refractivity contribution in [3.05, 3.63) is 44.6 Å². The van der Waals surface area contributed by atoms with E-state index in [4.69, 9.17) is 14.5 Å². The van der Waals surface area contributed by atoms with Crippen molar-refractivity contribution in [3.8, 4) is 11.4 Å². The van der Waals surface area contributed by atoms with E-state index in [1.54, 1.807) is 34.8 Å². The number of aromatic nitrogens is 2. The van der Waals surface area contributed by atoms with Crippen LogP contribution >= 0.6 is 23.1 Å². The number of methoxy groups -OCH3 is 1. The van der Waals surface area contributed by atoms with E-state index in [1.807, 2.05) is 39.0 Å². The van der Waals surface area contributed by atoms with Gasteiger partial charge in [0.15, 0.2) is 5.16 Å². The topological polar surface area (TPSA) is 53.4 Å². The van der Waals surface area contributed by atoms with Gasteiger partial charge in [-0.2, -0.15) is 0 Å². The molecule has 5 nitrogen and oxygen atoms in total. The minimum atomic E-state index is -0.0365. The van der Waals surface area contributed by atoms with E-state index in [1.165, 1.54) is 0 Å². The lowest BCUT2D eigenvalue weighted by Gasteiger charge is -2.17. The predicted octanol–water partition coefficient (Wildman–Crippen LogP) is 4.65. The van der Waals surface area contributed by atoms with Gasteiger partial charge < -0.3 is 9.47 Å². The highest BCUT2D eigenvalue weighted by Crippen LogP contribution is 2.33. The van der Waals surface area contributed by atoms with Crippen LogP contribution in [0.15, 0.2) is 28.2 Å². The number of nitrogens with zero attached hydrogens (tertiary/aromatic N) is 2. The maximum atomic E-state index is 13.6. The summed E-state index contributed by atoms with van der Waals surface area (Å²) in [5, 5.41) is 1.39. The fraction of sp³-hybridized carbons (Fsp3) is 0.429. The Balaban J connectivity index is 1.92. The molecule has 148 valence electrons. The Bertz CT molecular complexity index is 1080. The summed E-state index contributed by atoms with van der Waals surface area (Å²) in [6, 6.07) is 5.87. The van der Waals surface area contributed by atoms with E-state index < -0.39 is 0 Å². The van der Waals surface area contributed by atoms with Crippen molar-refractivity contribution in [2.75, 3.05) is 19.5 Å². The van der Waals surface area contributed by atoms with Gasteiger partial charge in [-0.3, -0.25) is 9.36 Å². The lowest BCUT2D eigenvalue weighted by atomic mass is 10.2. The number of rotatable bonds is 5. The molecule has 3 aromatic rings. The van der Waals surface area contributed by atoms with Crippen molar-refractivity contribution >= 4 is 33.3 Å². The number of fused-ring (bicyclic) bond motifs is 1. The van der Waals surface area contributed by atoms with Crippen LogP contribution in [-0.4, -0.2) is 35.1 Å². The Morgan fingerprint density at radius 2 is 2.18 bits per heavy atom. The third kappa shape index (κ3) is 3.47. The van der Waals surface area contributed by atoms with Gasteiger partial charge in [-0.05, 0) is 56.9 Å². The molecule has 1 saturated heterocycles. The number of thioether (sulfide) groups is 1. The lowest BCUT2D eigenvalue weighted by Crippen LogP contribution is -2.23. The number of ether oxygens (including phenoxy) is 2. The third-order valence-corrected chi connectivity index (χ3v) is 7.34. The van der Waals surface area contributed by atoms with Gasteiger partial charge >= 0.3 is 0 Å². The Kier molecular flexibility index (Phi) is 5.49. The molecule has 1 fully saturated rings. The minimum absolute atomic E-state index is 0.0365. The quantitative estimate of drug-likeness (QED) is 0.448. The van der Waals surface area contributed by atoms with Crippen molar-refractivity contribution in [2.24, 2.45) is 0 Å². The lowest BCUT2D eigenvalue weighted by molar-refractivity contribution is 0.129. The monoisotopic (exact) mass is 416 g/mol. The molecule has 0 saturated carbocycles. The first-order valence-corrected chi connectivity index (χ1v) is 11.2. The van der Waals surface area contributed by atoms with Gasteiger partial charge in [0.1, 0.15) is 10.6 Å². The molecule has 0 spiro atoms. The molecule has 0 bridgehead atoms. The molecule has 0 radical (unpaired) electrons. The van der Waals surface area contributed by atoms with E-state index in [9.17, 15) is 4.79 Å². The molecule has 3 heterocycles. The van der Waals surface area contributed by atoms with Crippen LogP contribution in [0.3, 0.4) is 0 Å². The summed E-state index contributed by atoms with van der Waals surface area (Å²) in [7, 11) is 1.63. The van der Waals surface area contributed by atoms with Crippen molar-refractivity contribution in [1.29, 1.82) is 0 Å². The molecule has 0 N–H and O–H groups in total. The van der Waals surface area contributed by atoms with E-state index in [2.05, 4.69) is 0 Å². The van der Waals surface area contributed by atoms with Gasteiger partial charge in [0, 0.05) is 17.2 Å². The van der Waals surface area contributed by atoms with Gasteiger partial charge in [0.2, 0.25) is 0 Å². The second-order valence-electron chi connectivity index (χ2n) is 7.12. The normalized spacial score (nSPS) is 16.8. The van der Waals surface area contributed by atoms with Gasteiger partial charge in [0.25, 0.3) is 5.56 Å². The largest absolute Gasteiger partial charge is 0.495 e. The molecule has 7 heteroatoms. The summed E-state index contributed by atoms with van der Waals surface area (Å²) in [4.78, 5) is 20.4. The summed E-state index contributed by atoms with van der Waals surface area (Å²) in [5.41, 5.74) is 2.77. The molecular weight excluding hydrogens is 392 g/mol. The van der Waals surface area contributed by atoms with Gasteiger partial charge in [-0.25, -0.2) is 4.98 Å². The first-order chi connectivity index (χ1) is 13.5. The Morgan fingerprint density at radius 3 is 2.89 bits per heavy atom. The highest BCUT2D eigenvalue weighted by Gasteiger charge is 2.22. The zero-order valence-corrected chi connectivity index (χ0v) is 18.2. The van der Waals surface area contributed by atoms with E-state index in [-0.39, 0.29) is 11.7 Å². The van der Waals surface area contributed by atoms with Crippen LogP contribution in [0.5, 0.6) is 5.75 Å². The van der Waals surface area contributed by atoms with Crippen LogP contribution in [0.2, 0.25) is 0 Å². The minimum Gasteiger partial charge on any atom is -0.495 e. The van der Waals surface area contributed by atoms with Crippen molar-refractivity contribution in [3.63, 3.8) is 0 Å². The molecule has 0 unspecified atom stereocenters. The molecule has 1 aromatic carbocycles. The third-order valence-electron chi connectivity index (χ3n) is 5.17. The van der Waals surface area contributed by atoms with Crippen LogP contribution < -0.4 is 10.3 Å².